The highest BCUT2D eigenvalue weighted by molar-refractivity contribution is 6.00. The predicted molar refractivity (Wildman–Crippen MR) is 71.5 cm³/mol. The number of rotatable bonds is 7. The third-order valence-corrected chi connectivity index (χ3v) is 2.12. The molecular formula is C11H14N6O3. The van der Waals surface area contributed by atoms with Crippen molar-refractivity contribution in [1.82, 2.24) is 10.3 Å². The lowest BCUT2D eigenvalue weighted by atomic mass is 10.2. The molecule has 0 fully saturated rings. The molecule has 0 saturated carbocycles. The molecule has 0 aliphatic carbocycles. The molecule has 2 N–H and O–H groups in total. The summed E-state index contributed by atoms with van der Waals surface area (Å²) >= 11 is 0. The molecule has 106 valence electrons. The number of hydrogen-bond acceptors (Lipinski definition) is 7. The summed E-state index contributed by atoms with van der Waals surface area (Å²) < 4.78 is 0. The lowest BCUT2D eigenvalue weighted by Gasteiger charge is -2.07. The van der Waals surface area contributed by atoms with E-state index in [0.29, 0.717) is 5.56 Å². The molecule has 0 atom stereocenters. The summed E-state index contributed by atoms with van der Waals surface area (Å²) in [6.45, 7) is 2.56. The Morgan fingerprint density at radius 3 is 3.10 bits per heavy atom. The Labute approximate surface area is 115 Å². The second kappa shape index (κ2) is 8.25. The minimum absolute atomic E-state index is 0.0520. The van der Waals surface area contributed by atoms with Gasteiger partial charge in [0.25, 0.3) is 5.09 Å². The number of amidine groups is 1. The van der Waals surface area contributed by atoms with Crippen molar-refractivity contribution in [2.45, 2.75) is 6.92 Å². The van der Waals surface area contributed by atoms with Crippen molar-refractivity contribution in [1.29, 1.82) is 5.26 Å². The third kappa shape index (κ3) is 5.18. The van der Waals surface area contributed by atoms with E-state index in [2.05, 4.69) is 25.4 Å². The molecule has 0 aromatic carbocycles. The van der Waals surface area contributed by atoms with Gasteiger partial charge in [-0.05, 0) is 13.0 Å². The highest BCUT2D eigenvalue weighted by Gasteiger charge is 2.05. The molecule has 0 aliphatic heterocycles. The van der Waals surface area contributed by atoms with Crippen LogP contribution in [0.1, 0.15) is 12.5 Å². The Hall–Kier alpha value is -2.89. The van der Waals surface area contributed by atoms with E-state index in [0.717, 1.165) is 12.2 Å². The fourth-order valence-electron chi connectivity index (χ4n) is 1.40. The minimum Gasteiger partial charge on any atom is -0.384 e. The Balaban J connectivity index is 2.79. The average Bonchev–Trinajstić information content (AvgIpc) is 2.43. The van der Waals surface area contributed by atoms with E-state index in [1.165, 1.54) is 0 Å². The maximum absolute atomic E-state index is 10.0. The van der Waals surface area contributed by atoms with Crippen LogP contribution >= 0.6 is 0 Å². The summed E-state index contributed by atoms with van der Waals surface area (Å²) in [5.41, 5.74) is 1.39. The monoisotopic (exact) mass is 278 g/mol. The quantitative estimate of drug-likeness (QED) is 0.142. The number of nitrogens with one attached hydrogen (secondary N) is 2. The molecule has 0 saturated heterocycles. The van der Waals surface area contributed by atoms with E-state index in [9.17, 15) is 10.1 Å². The smallest absolute Gasteiger partial charge is 0.294 e. The molecule has 0 amide bonds. The highest BCUT2D eigenvalue weighted by atomic mass is 16.9. The first-order valence-electron chi connectivity index (χ1n) is 5.83. The number of aliphatic imine (C=N–C) groups is 1. The molecule has 1 aromatic rings. The van der Waals surface area contributed by atoms with Gasteiger partial charge in [-0.1, -0.05) is 0 Å². The van der Waals surface area contributed by atoms with Crippen molar-refractivity contribution in [2.24, 2.45) is 4.99 Å². The lowest BCUT2D eigenvalue weighted by molar-refractivity contribution is -0.757. The van der Waals surface area contributed by atoms with Gasteiger partial charge in [0, 0.05) is 24.5 Å². The van der Waals surface area contributed by atoms with Crippen molar-refractivity contribution < 1.29 is 9.92 Å². The number of pyridine rings is 1. The predicted octanol–water partition coefficient (Wildman–Crippen LogP) is 0.539. The second-order valence-electron chi connectivity index (χ2n) is 3.52. The maximum Gasteiger partial charge on any atom is 0.294 e. The van der Waals surface area contributed by atoms with Crippen LogP contribution in [-0.4, -0.2) is 35.6 Å². The normalized spacial score (nSPS) is 10.5. The zero-order valence-electron chi connectivity index (χ0n) is 10.9. The fraction of sp³-hybridized carbons (Fsp3) is 0.364. The first kappa shape index (κ1) is 15.2. The fourth-order valence-corrected chi connectivity index (χ4v) is 1.40. The van der Waals surface area contributed by atoms with Crippen molar-refractivity contribution in [3.63, 3.8) is 0 Å². The third-order valence-electron chi connectivity index (χ3n) is 2.12. The van der Waals surface area contributed by atoms with Gasteiger partial charge in [-0.3, -0.25) is 15.3 Å². The summed E-state index contributed by atoms with van der Waals surface area (Å²) in [4.78, 5) is 22.2. The molecule has 0 unspecified atom stereocenters. The van der Waals surface area contributed by atoms with Gasteiger partial charge in [0.1, 0.15) is 12.4 Å². The molecule has 0 radical (unpaired) electrons. The number of aromatic nitrogens is 1. The molecule has 1 aromatic heterocycles. The largest absolute Gasteiger partial charge is 0.384 e. The van der Waals surface area contributed by atoms with Crippen LogP contribution in [0.3, 0.4) is 0 Å². The van der Waals surface area contributed by atoms with Crippen LogP contribution in [0.5, 0.6) is 0 Å². The number of nitriles is 1. The first-order valence-corrected chi connectivity index (χ1v) is 5.83. The van der Waals surface area contributed by atoms with Crippen molar-refractivity contribution in [2.75, 3.05) is 25.0 Å². The Morgan fingerprint density at radius 1 is 1.65 bits per heavy atom. The van der Waals surface area contributed by atoms with Gasteiger partial charge in [0.2, 0.25) is 0 Å². The molecule has 0 spiro atoms. The first-order chi connectivity index (χ1) is 9.67. The molecule has 9 heteroatoms. The highest BCUT2D eigenvalue weighted by Crippen LogP contribution is 2.08. The second-order valence-corrected chi connectivity index (χ2v) is 3.52. The van der Waals surface area contributed by atoms with Crippen molar-refractivity contribution in [3.05, 3.63) is 34.1 Å². The van der Waals surface area contributed by atoms with Crippen molar-refractivity contribution >= 4 is 11.5 Å². The van der Waals surface area contributed by atoms with E-state index in [1.807, 2.05) is 6.92 Å². The minimum atomic E-state index is -0.889. The van der Waals surface area contributed by atoms with E-state index < -0.39 is 5.09 Å². The molecule has 1 heterocycles. The van der Waals surface area contributed by atoms with E-state index in [4.69, 9.17) is 5.26 Å². The summed E-state index contributed by atoms with van der Waals surface area (Å²) in [5, 5.41) is 23.3. The van der Waals surface area contributed by atoms with Crippen LogP contribution in [0.4, 0.5) is 5.69 Å². The lowest BCUT2D eigenvalue weighted by Crippen LogP contribution is -2.21. The van der Waals surface area contributed by atoms with E-state index >= 15 is 0 Å². The molecule has 0 bridgehead atoms. The van der Waals surface area contributed by atoms with Gasteiger partial charge in [0.05, 0.1) is 12.2 Å². The molecule has 20 heavy (non-hydrogen) atoms. The van der Waals surface area contributed by atoms with Gasteiger partial charge in [-0.15, -0.1) is 10.1 Å². The van der Waals surface area contributed by atoms with Gasteiger partial charge in [-0.2, -0.15) is 5.26 Å². The Bertz CT molecular complexity index is 525. The standard InChI is InChI=1S/C11H14N6O3/c1-2-14-10-5-9(6-13-7-10)11(16-8-12)15-3-4-20-17(18)19/h5-7,14H,2-4H2,1H3,(H,15,16). The summed E-state index contributed by atoms with van der Waals surface area (Å²) in [7, 11) is 0. The number of nitrogens with zero attached hydrogens (tertiary/aromatic N) is 4. The maximum atomic E-state index is 10.0. The molecule has 1 rings (SSSR count). The molecule has 9 nitrogen and oxygen atoms in total. The van der Waals surface area contributed by atoms with E-state index in [-0.39, 0.29) is 19.0 Å². The Kier molecular flexibility index (Phi) is 6.26. The van der Waals surface area contributed by atoms with Gasteiger partial charge in [-0.25, -0.2) is 0 Å². The van der Waals surface area contributed by atoms with Crippen molar-refractivity contribution in [3.8, 4) is 6.19 Å². The number of hydrogen-bond donors (Lipinski definition) is 2. The average molecular weight is 278 g/mol. The SMILES string of the molecule is CCNc1cncc(C(=NCCO[N+](=O)[O-])NC#N)c1. The van der Waals surface area contributed by atoms with Crippen LogP contribution in [0, 0.1) is 21.6 Å². The van der Waals surface area contributed by atoms with Crippen LogP contribution in [0.2, 0.25) is 0 Å². The zero-order chi connectivity index (χ0) is 14.8. The van der Waals surface area contributed by atoms with Crippen LogP contribution < -0.4 is 10.6 Å². The summed E-state index contributed by atoms with van der Waals surface area (Å²) in [5.74, 6) is 0.284. The summed E-state index contributed by atoms with van der Waals surface area (Å²) in [6, 6.07) is 1.77. The zero-order valence-corrected chi connectivity index (χ0v) is 10.9. The summed E-state index contributed by atoms with van der Waals surface area (Å²) in [6.07, 6.45) is 4.95. The Morgan fingerprint density at radius 2 is 2.45 bits per heavy atom. The van der Waals surface area contributed by atoms with Crippen LogP contribution in [0.15, 0.2) is 23.5 Å². The number of anilines is 1. The molecule has 0 aliphatic rings. The van der Waals surface area contributed by atoms with Gasteiger partial charge in [0.15, 0.2) is 6.19 Å². The van der Waals surface area contributed by atoms with Crippen LogP contribution in [-0.2, 0) is 4.84 Å². The topological polar surface area (TPSA) is 125 Å². The van der Waals surface area contributed by atoms with Gasteiger partial charge >= 0.3 is 0 Å². The molecular weight excluding hydrogens is 264 g/mol. The van der Waals surface area contributed by atoms with Gasteiger partial charge < -0.3 is 10.2 Å². The van der Waals surface area contributed by atoms with Crippen LogP contribution in [0.25, 0.3) is 0 Å². The van der Waals surface area contributed by atoms with E-state index in [1.54, 1.807) is 24.7 Å².